The predicted molar refractivity (Wildman–Crippen MR) is 90.7 cm³/mol. The summed E-state index contributed by atoms with van der Waals surface area (Å²) in [5, 5.41) is 7.71. The minimum atomic E-state index is -0.0482. The summed E-state index contributed by atoms with van der Waals surface area (Å²) in [6, 6.07) is 6.16. The number of fused-ring (bicyclic) bond motifs is 1. The van der Waals surface area contributed by atoms with Gasteiger partial charge in [-0.15, -0.1) is 0 Å². The molecule has 1 amide bonds. The summed E-state index contributed by atoms with van der Waals surface area (Å²) in [6.45, 7) is 4.27. The highest BCUT2D eigenvalue weighted by atomic mass is 35.5. The first-order valence-corrected chi connectivity index (χ1v) is 8.66. The summed E-state index contributed by atoms with van der Waals surface area (Å²) in [5.74, 6) is 0.784. The molecule has 1 aliphatic rings. The summed E-state index contributed by atoms with van der Waals surface area (Å²) >= 11 is 8.03. The van der Waals surface area contributed by atoms with Crippen LogP contribution in [0.1, 0.15) is 19.4 Å². The minimum Gasteiger partial charge on any atom is -0.486 e. The predicted octanol–water partition coefficient (Wildman–Crippen LogP) is 4.14. The van der Waals surface area contributed by atoms with E-state index in [9.17, 15) is 4.79 Å². The maximum absolute atomic E-state index is 11.7. The van der Waals surface area contributed by atoms with E-state index in [0.29, 0.717) is 11.6 Å². The molecule has 3 rings (SSSR count). The van der Waals surface area contributed by atoms with E-state index in [1.807, 2.05) is 19.9 Å². The second-order valence-electron chi connectivity index (χ2n) is 5.80. The van der Waals surface area contributed by atoms with Gasteiger partial charge in [0.1, 0.15) is 11.9 Å². The Morgan fingerprint density at radius 3 is 2.95 bits per heavy atom. The van der Waals surface area contributed by atoms with E-state index in [0.717, 1.165) is 23.3 Å². The van der Waals surface area contributed by atoms with Crippen LogP contribution in [0, 0.1) is 5.92 Å². The summed E-state index contributed by atoms with van der Waals surface area (Å²) < 4.78 is 5.90. The highest BCUT2D eigenvalue weighted by Crippen LogP contribution is 2.39. The number of carbonyl (C=O) groups excluding carboxylic acids is 1. The van der Waals surface area contributed by atoms with Crippen molar-refractivity contribution in [2.45, 2.75) is 26.4 Å². The van der Waals surface area contributed by atoms with Crippen LogP contribution >= 0.6 is 22.9 Å². The Bertz CT molecular complexity index is 682. The second kappa shape index (κ2) is 6.31. The van der Waals surface area contributed by atoms with Crippen LogP contribution in [0.25, 0.3) is 11.1 Å². The smallest absolute Gasteiger partial charge is 0.222 e. The van der Waals surface area contributed by atoms with Crippen LogP contribution in [0.15, 0.2) is 29.0 Å². The van der Waals surface area contributed by atoms with E-state index in [4.69, 9.17) is 16.3 Å². The standard InChI is InChI=1S/C17H18ClNO2S/c1-10(2)17(20)19-8-14-6-13-5-12(11-3-4-22-9-11)7-15(18)16(13)21-14/h3-5,7,9-10,14H,6,8H2,1-2H3,(H,19,20)/t14-/m1/s1. The van der Waals surface area contributed by atoms with Crippen molar-refractivity contribution in [1.29, 1.82) is 0 Å². The van der Waals surface area contributed by atoms with Gasteiger partial charge in [0.25, 0.3) is 0 Å². The van der Waals surface area contributed by atoms with E-state index < -0.39 is 0 Å². The van der Waals surface area contributed by atoms with Gasteiger partial charge in [-0.25, -0.2) is 0 Å². The molecule has 0 unspecified atom stereocenters. The molecule has 1 aromatic heterocycles. The van der Waals surface area contributed by atoms with Crippen LogP contribution in [0.5, 0.6) is 5.75 Å². The van der Waals surface area contributed by atoms with Crippen molar-refractivity contribution in [2.75, 3.05) is 6.54 Å². The van der Waals surface area contributed by atoms with Crippen LogP contribution in [0.3, 0.4) is 0 Å². The van der Waals surface area contributed by atoms with Gasteiger partial charge in [0.05, 0.1) is 11.6 Å². The van der Waals surface area contributed by atoms with Crippen LogP contribution in [-0.4, -0.2) is 18.6 Å². The molecular weight excluding hydrogens is 318 g/mol. The Morgan fingerprint density at radius 1 is 1.45 bits per heavy atom. The van der Waals surface area contributed by atoms with Crippen LogP contribution in [0.2, 0.25) is 5.02 Å². The van der Waals surface area contributed by atoms with Gasteiger partial charge in [0.15, 0.2) is 0 Å². The molecule has 1 aliphatic heterocycles. The third kappa shape index (κ3) is 3.13. The van der Waals surface area contributed by atoms with Gasteiger partial charge in [-0.05, 0) is 40.1 Å². The number of rotatable bonds is 4. The Morgan fingerprint density at radius 2 is 2.27 bits per heavy atom. The van der Waals surface area contributed by atoms with Crippen LogP contribution in [-0.2, 0) is 11.2 Å². The molecule has 22 heavy (non-hydrogen) atoms. The summed E-state index contributed by atoms with van der Waals surface area (Å²) in [6.07, 6.45) is 0.721. The maximum atomic E-state index is 11.7. The van der Waals surface area contributed by atoms with E-state index in [-0.39, 0.29) is 17.9 Å². The van der Waals surface area contributed by atoms with Crippen molar-refractivity contribution < 1.29 is 9.53 Å². The lowest BCUT2D eigenvalue weighted by Gasteiger charge is -2.13. The van der Waals surface area contributed by atoms with Gasteiger partial charge in [0, 0.05) is 17.9 Å². The van der Waals surface area contributed by atoms with Crippen LogP contribution < -0.4 is 10.1 Å². The normalized spacial score (nSPS) is 16.5. The average molecular weight is 336 g/mol. The molecule has 5 heteroatoms. The van der Waals surface area contributed by atoms with Gasteiger partial charge in [-0.3, -0.25) is 4.79 Å². The molecular formula is C17H18ClNO2S. The Balaban J connectivity index is 1.73. The van der Waals surface area contributed by atoms with Crippen molar-refractivity contribution in [3.05, 3.63) is 39.5 Å². The maximum Gasteiger partial charge on any atom is 0.222 e. The molecule has 1 aromatic carbocycles. The third-order valence-corrected chi connectivity index (χ3v) is 4.70. The lowest BCUT2D eigenvalue weighted by atomic mass is 10.0. The molecule has 0 saturated heterocycles. The number of carbonyl (C=O) groups is 1. The van der Waals surface area contributed by atoms with E-state index in [2.05, 4.69) is 28.2 Å². The lowest BCUT2D eigenvalue weighted by molar-refractivity contribution is -0.124. The summed E-state index contributed by atoms with van der Waals surface area (Å²) in [4.78, 5) is 11.7. The van der Waals surface area contributed by atoms with Crippen molar-refractivity contribution in [1.82, 2.24) is 5.32 Å². The quantitative estimate of drug-likeness (QED) is 0.911. The highest BCUT2D eigenvalue weighted by Gasteiger charge is 2.26. The van der Waals surface area contributed by atoms with E-state index in [1.165, 1.54) is 5.56 Å². The van der Waals surface area contributed by atoms with Gasteiger partial charge in [-0.2, -0.15) is 11.3 Å². The first-order valence-electron chi connectivity index (χ1n) is 7.34. The molecule has 116 valence electrons. The zero-order chi connectivity index (χ0) is 15.7. The monoisotopic (exact) mass is 335 g/mol. The number of amides is 1. The average Bonchev–Trinajstić information content (AvgIpc) is 3.13. The van der Waals surface area contributed by atoms with Gasteiger partial charge >= 0.3 is 0 Å². The summed E-state index contributed by atoms with van der Waals surface area (Å²) in [7, 11) is 0. The fraction of sp³-hybridized carbons (Fsp3) is 0.353. The second-order valence-corrected chi connectivity index (χ2v) is 6.99. The minimum absolute atomic E-state index is 0.0161. The molecule has 0 radical (unpaired) electrons. The van der Waals surface area contributed by atoms with Crippen molar-refractivity contribution in [3.8, 4) is 16.9 Å². The fourth-order valence-corrected chi connectivity index (χ4v) is 3.46. The lowest BCUT2D eigenvalue weighted by Crippen LogP contribution is -2.36. The number of ether oxygens (including phenoxy) is 1. The zero-order valence-electron chi connectivity index (χ0n) is 12.6. The number of benzene rings is 1. The molecule has 0 bridgehead atoms. The molecule has 3 nitrogen and oxygen atoms in total. The van der Waals surface area contributed by atoms with Crippen molar-refractivity contribution in [2.24, 2.45) is 5.92 Å². The van der Waals surface area contributed by atoms with E-state index in [1.54, 1.807) is 11.3 Å². The van der Waals surface area contributed by atoms with Gasteiger partial charge in [0.2, 0.25) is 5.91 Å². The SMILES string of the molecule is CC(C)C(=O)NC[C@H]1Cc2cc(-c3ccsc3)cc(Cl)c2O1. The molecule has 2 aromatic rings. The molecule has 0 aliphatic carbocycles. The zero-order valence-corrected chi connectivity index (χ0v) is 14.1. The number of nitrogens with one attached hydrogen (secondary N) is 1. The third-order valence-electron chi connectivity index (χ3n) is 3.74. The molecule has 0 spiro atoms. The molecule has 0 fully saturated rings. The van der Waals surface area contributed by atoms with Crippen molar-refractivity contribution >= 4 is 28.8 Å². The number of hydrogen-bond donors (Lipinski definition) is 1. The molecule has 1 atom stereocenters. The van der Waals surface area contributed by atoms with Gasteiger partial charge < -0.3 is 10.1 Å². The Kier molecular flexibility index (Phi) is 4.41. The summed E-state index contributed by atoms with van der Waals surface area (Å²) in [5.41, 5.74) is 3.39. The van der Waals surface area contributed by atoms with Crippen molar-refractivity contribution in [3.63, 3.8) is 0 Å². The number of thiophene rings is 1. The van der Waals surface area contributed by atoms with E-state index >= 15 is 0 Å². The Labute approximate surface area is 139 Å². The molecule has 0 saturated carbocycles. The highest BCUT2D eigenvalue weighted by molar-refractivity contribution is 7.08. The van der Waals surface area contributed by atoms with Crippen LogP contribution in [0.4, 0.5) is 0 Å². The first-order chi connectivity index (χ1) is 10.5. The largest absolute Gasteiger partial charge is 0.486 e. The molecule has 1 N–H and O–H groups in total. The number of hydrogen-bond acceptors (Lipinski definition) is 3. The topological polar surface area (TPSA) is 38.3 Å². The number of halogens is 1. The Hall–Kier alpha value is -1.52. The fourth-order valence-electron chi connectivity index (χ4n) is 2.52. The first kappa shape index (κ1) is 15.4. The van der Waals surface area contributed by atoms with Gasteiger partial charge in [-0.1, -0.05) is 25.4 Å². The molecule has 2 heterocycles.